The standard InChI is InChI=1S/C15H20N2/c1-2-3-4-5-6-7-8-9-10-11-12-15(13-16)14-17/h2-3,6-7,12H,4-5,8-11H2,1H3. The molecule has 90 valence electrons. The van der Waals surface area contributed by atoms with Crippen molar-refractivity contribution >= 4 is 0 Å². The second kappa shape index (κ2) is 12.3. The average molecular weight is 228 g/mol. The highest BCUT2D eigenvalue weighted by molar-refractivity contribution is 5.34. The van der Waals surface area contributed by atoms with Crippen LogP contribution in [0.5, 0.6) is 0 Å². The Morgan fingerprint density at radius 2 is 1.47 bits per heavy atom. The first-order chi connectivity index (χ1) is 8.35. The highest BCUT2D eigenvalue weighted by Crippen LogP contribution is 2.04. The molecule has 0 aromatic carbocycles. The number of nitriles is 2. The fourth-order valence-electron chi connectivity index (χ4n) is 1.36. The smallest absolute Gasteiger partial charge is 0.125 e. The molecule has 0 heterocycles. The molecular weight excluding hydrogens is 208 g/mol. The van der Waals surface area contributed by atoms with Gasteiger partial charge in [0.15, 0.2) is 0 Å². The third-order valence-corrected chi connectivity index (χ3v) is 2.32. The van der Waals surface area contributed by atoms with Crippen molar-refractivity contribution in [2.45, 2.75) is 45.4 Å². The normalized spacial score (nSPS) is 10.3. The van der Waals surface area contributed by atoms with Crippen LogP contribution in [0.4, 0.5) is 0 Å². The lowest BCUT2D eigenvalue weighted by molar-refractivity contribution is 0.759. The van der Waals surface area contributed by atoms with Crippen molar-refractivity contribution in [3.8, 4) is 12.1 Å². The minimum atomic E-state index is 0.229. The topological polar surface area (TPSA) is 47.6 Å². The van der Waals surface area contributed by atoms with E-state index in [2.05, 4.69) is 24.3 Å². The van der Waals surface area contributed by atoms with E-state index in [-0.39, 0.29) is 5.57 Å². The molecule has 0 aliphatic carbocycles. The van der Waals surface area contributed by atoms with Gasteiger partial charge in [0.25, 0.3) is 0 Å². The Labute approximate surface area is 105 Å². The van der Waals surface area contributed by atoms with Gasteiger partial charge >= 0.3 is 0 Å². The highest BCUT2D eigenvalue weighted by atomic mass is 14.3. The summed E-state index contributed by atoms with van der Waals surface area (Å²) in [5, 5.41) is 17.0. The quantitative estimate of drug-likeness (QED) is 0.350. The molecule has 0 rings (SSSR count). The predicted octanol–water partition coefficient (Wildman–Crippen LogP) is 4.43. The largest absolute Gasteiger partial charge is 0.192 e. The first kappa shape index (κ1) is 15.2. The fourth-order valence-corrected chi connectivity index (χ4v) is 1.36. The van der Waals surface area contributed by atoms with Crippen molar-refractivity contribution in [2.75, 3.05) is 0 Å². The van der Waals surface area contributed by atoms with Gasteiger partial charge in [0.2, 0.25) is 0 Å². The van der Waals surface area contributed by atoms with Gasteiger partial charge in [-0.15, -0.1) is 0 Å². The second-order valence-electron chi connectivity index (χ2n) is 3.74. The van der Waals surface area contributed by atoms with Crippen LogP contribution < -0.4 is 0 Å². The summed E-state index contributed by atoms with van der Waals surface area (Å²) in [6, 6.07) is 3.72. The van der Waals surface area contributed by atoms with Crippen LogP contribution in [0.3, 0.4) is 0 Å². The molecule has 2 heteroatoms. The SMILES string of the molecule is CC=CCCC=CCCCCC=C(C#N)C#N. The third kappa shape index (κ3) is 10.5. The molecule has 0 saturated heterocycles. The van der Waals surface area contributed by atoms with E-state index >= 15 is 0 Å². The van der Waals surface area contributed by atoms with E-state index in [1.807, 2.05) is 19.1 Å². The summed E-state index contributed by atoms with van der Waals surface area (Å²) in [6.07, 6.45) is 16.7. The molecule has 0 fully saturated rings. The van der Waals surface area contributed by atoms with Gasteiger partial charge in [-0.3, -0.25) is 0 Å². The van der Waals surface area contributed by atoms with E-state index in [9.17, 15) is 0 Å². The Morgan fingerprint density at radius 1 is 0.882 bits per heavy atom. The molecule has 0 unspecified atom stereocenters. The van der Waals surface area contributed by atoms with Crippen LogP contribution in [0.25, 0.3) is 0 Å². The molecule has 0 N–H and O–H groups in total. The van der Waals surface area contributed by atoms with E-state index in [1.54, 1.807) is 6.08 Å². The minimum absolute atomic E-state index is 0.229. The molecule has 0 radical (unpaired) electrons. The van der Waals surface area contributed by atoms with E-state index in [0.717, 1.165) is 38.5 Å². The molecule has 0 amide bonds. The van der Waals surface area contributed by atoms with Crippen molar-refractivity contribution in [2.24, 2.45) is 0 Å². The van der Waals surface area contributed by atoms with E-state index in [1.165, 1.54) is 0 Å². The maximum Gasteiger partial charge on any atom is 0.125 e. The molecule has 0 saturated carbocycles. The molecule has 2 nitrogen and oxygen atoms in total. The first-order valence-electron chi connectivity index (χ1n) is 6.11. The molecular formula is C15H20N2. The highest BCUT2D eigenvalue weighted by Gasteiger charge is 1.90. The third-order valence-electron chi connectivity index (χ3n) is 2.32. The summed E-state index contributed by atoms with van der Waals surface area (Å²) in [6.45, 7) is 2.04. The van der Waals surface area contributed by atoms with Crippen LogP contribution in [0.15, 0.2) is 36.0 Å². The van der Waals surface area contributed by atoms with Crippen LogP contribution in [-0.4, -0.2) is 0 Å². The molecule has 0 aliphatic heterocycles. The zero-order valence-corrected chi connectivity index (χ0v) is 10.5. The number of hydrogen-bond donors (Lipinski definition) is 0. The van der Waals surface area contributed by atoms with Gasteiger partial charge in [-0.2, -0.15) is 10.5 Å². The summed E-state index contributed by atoms with van der Waals surface area (Å²) in [7, 11) is 0. The van der Waals surface area contributed by atoms with Crippen LogP contribution in [0.1, 0.15) is 45.4 Å². The fraction of sp³-hybridized carbons (Fsp3) is 0.467. The number of nitrogens with zero attached hydrogens (tertiary/aromatic N) is 2. The summed E-state index contributed by atoms with van der Waals surface area (Å²) in [5.41, 5.74) is 0.229. The number of hydrogen-bond acceptors (Lipinski definition) is 2. The van der Waals surface area contributed by atoms with Gasteiger partial charge < -0.3 is 0 Å². The van der Waals surface area contributed by atoms with Crippen molar-refractivity contribution in [1.29, 1.82) is 10.5 Å². The van der Waals surface area contributed by atoms with Crippen LogP contribution in [-0.2, 0) is 0 Å². The molecule has 0 aromatic rings. The van der Waals surface area contributed by atoms with Gasteiger partial charge in [-0.05, 0) is 45.4 Å². The number of unbranched alkanes of at least 4 members (excludes halogenated alkanes) is 4. The lowest BCUT2D eigenvalue weighted by Crippen LogP contribution is -1.76. The van der Waals surface area contributed by atoms with Crippen LogP contribution in [0, 0.1) is 22.7 Å². The zero-order valence-electron chi connectivity index (χ0n) is 10.5. The first-order valence-corrected chi connectivity index (χ1v) is 6.11. The van der Waals surface area contributed by atoms with Gasteiger partial charge in [-0.25, -0.2) is 0 Å². The number of rotatable bonds is 8. The Bertz CT molecular complexity index is 332. The van der Waals surface area contributed by atoms with Crippen molar-refractivity contribution < 1.29 is 0 Å². The maximum atomic E-state index is 8.51. The van der Waals surface area contributed by atoms with Crippen LogP contribution >= 0.6 is 0 Å². The minimum Gasteiger partial charge on any atom is -0.192 e. The predicted molar refractivity (Wildman–Crippen MR) is 71.0 cm³/mol. The Morgan fingerprint density at radius 3 is 2.12 bits per heavy atom. The number of allylic oxidation sites excluding steroid dienone is 6. The Balaban J connectivity index is 3.45. The average Bonchev–Trinajstić information content (AvgIpc) is 2.36. The summed E-state index contributed by atoms with van der Waals surface area (Å²) in [5.74, 6) is 0. The molecule has 0 spiro atoms. The molecule has 0 atom stereocenters. The van der Waals surface area contributed by atoms with Crippen molar-refractivity contribution in [3.63, 3.8) is 0 Å². The zero-order chi connectivity index (χ0) is 12.8. The summed E-state index contributed by atoms with van der Waals surface area (Å²) in [4.78, 5) is 0. The van der Waals surface area contributed by atoms with Crippen molar-refractivity contribution in [3.05, 3.63) is 36.0 Å². The molecule has 0 aliphatic rings. The molecule has 0 bridgehead atoms. The summed E-state index contributed by atoms with van der Waals surface area (Å²) >= 11 is 0. The molecule has 17 heavy (non-hydrogen) atoms. The monoisotopic (exact) mass is 228 g/mol. The maximum absolute atomic E-state index is 8.51. The second-order valence-corrected chi connectivity index (χ2v) is 3.74. The Kier molecular flexibility index (Phi) is 11.0. The van der Waals surface area contributed by atoms with Gasteiger partial charge in [-0.1, -0.05) is 30.4 Å². The van der Waals surface area contributed by atoms with E-state index < -0.39 is 0 Å². The van der Waals surface area contributed by atoms with Gasteiger partial charge in [0, 0.05) is 0 Å². The summed E-state index contributed by atoms with van der Waals surface area (Å²) < 4.78 is 0. The lowest BCUT2D eigenvalue weighted by atomic mass is 10.1. The van der Waals surface area contributed by atoms with Crippen molar-refractivity contribution in [1.82, 2.24) is 0 Å². The molecule has 0 aromatic heterocycles. The van der Waals surface area contributed by atoms with E-state index in [4.69, 9.17) is 10.5 Å². The lowest BCUT2D eigenvalue weighted by Gasteiger charge is -1.93. The van der Waals surface area contributed by atoms with Gasteiger partial charge in [0.1, 0.15) is 17.7 Å². The van der Waals surface area contributed by atoms with Crippen LogP contribution in [0.2, 0.25) is 0 Å². The Hall–Kier alpha value is -1.80. The van der Waals surface area contributed by atoms with Gasteiger partial charge in [0.05, 0.1) is 0 Å². The van der Waals surface area contributed by atoms with E-state index in [0.29, 0.717) is 0 Å².